The number of aliphatic imine (C=N–C) groups is 1. The summed E-state index contributed by atoms with van der Waals surface area (Å²) in [5, 5.41) is 7.48. The van der Waals surface area contributed by atoms with Crippen molar-refractivity contribution in [2.24, 2.45) is 10.9 Å². The summed E-state index contributed by atoms with van der Waals surface area (Å²) in [6.07, 6.45) is 0.826. The molecule has 2 rings (SSSR count). The van der Waals surface area contributed by atoms with Gasteiger partial charge in [0.1, 0.15) is 5.75 Å². The number of morpholine rings is 1. The molecule has 1 aliphatic heterocycles. The Kier molecular flexibility index (Phi) is 9.01. The van der Waals surface area contributed by atoms with Crippen molar-refractivity contribution in [2.45, 2.75) is 13.3 Å². The SMILES string of the molecule is CN=C(NCCc1ccc(OC)cc1Cl)NCC(C)CN1CCOCC1. The highest BCUT2D eigenvalue weighted by Crippen LogP contribution is 2.22. The summed E-state index contributed by atoms with van der Waals surface area (Å²) in [7, 11) is 3.44. The fraction of sp³-hybridized carbons (Fsp3) is 0.632. The Hall–Kier alpha value is -1.50. The van der Waals surface area contributed by atoms with Gasteiger partial charge in [0.2, 0.25) is 0 Å². The molecule has 0 aliphatic carbocycles. The van der Waals surface area contributed by atoms with Crippen molar-refractivity contribution in [3.05, 3.63) is 28.8 Å². The zero-order valence-electron chi connectivity index (χ0n) is 16.1. The standard InChI is InChI=1S/C19H31ClN4O2/c1-15(14-24-8-10-26-11-9-24)13-23-19(21-2)22-7-6-16-4-5-17(25-3)12-18(16)20/h4-5,12,15H,6-11,13-14H2,1-3H3,(H2,21,22,23). The molecule has 0 bridgehead atoms. The number of ether oxygens (including phenoxy) is 2. The predicted octanol–water partition coefficient (Wildman–Crippen LogP) is 2.02. The second-order valence-electron chi connectivity index (χ2n) is 6.61. The molecule has 0 aromatic heterocycles. The number of guanidine groups is 1. The van der Waals surface area contributed by atoms with Crippen LogP contribution < -0.4 is 15.4 Å². The van der Waals surface area contributed by atoms with Crippen molar-refractivity contribution in [2.75, 3.05) is 60.1 Å². The van der Waals surface area contributed by atoms with Crippen molar-refractivity contribution >= 4 is 17.6 Å². The Labute approximate surface area is 161 Å². The second kappa shape index (κ2) is 11.3. The molecule has 1 unspecified atom stereocenters. The summed E-state index contributed by atoms with van der Waals surface area (Å²) >= 11 is 6.29. The maximum absolute atomic E-state index is 6.29. The first kappa shape index (κ1) is 20.8. The largest absolute Gasteiger partial charge is 0.497 e. The first-order chi connectivity index (χ1) is 12.6. The van der Waals surface area contributed by atoms with Gasteiger partial charge in [-0.3, -0.25) is 9.89 Å². The molecule has 1 atom stereocenters. The Bertz CT molecular complexity index is 577. The van der Waals surface area contributed by atoms with Crippen LogP contribution in [0.2, 0.25) is 5.02 Å². The van der Waals surface area contributed by atoms with Crippen LogP contribution in [-0.4, -0.2) is 71.0 Å². The summed E-state index contributed by atoms with van der Waals surface area (Å²) in [5.74, 6) is 2.14. The molecule has 1 aromatic carbocycles. The molecule has 1 aromatic rings. The molecule has 0 spiro atoms. The lowest BCUT2D eigenvalue weighted by atomic mass is 10.1. The number of nitrogens with zero attached hydrogens (tertiary/aromatic N) is 2. The highest BCUT2D eigenvalue weighted by atomic mass is 35.5. The van der Waals surface area contributed by atoms with Crippen LogP contribution in [0.5, 0.6) is 5.75 Å². The predicted molar refractivity (Wildman–Crippen MR) is 107 cm³/mol. The third-order valence-electron chi connectivity index (χ3n) is 4.46. The topological polar surface area (TPSA) is 58.1 Å². The van der Waals surface area contributed by atoms with Crippen molar-refractivity contribution in [1.29, 1.82) is 0 Å². The summed E-state index contributed by atoms with van der Waals surface area (Å²) in [6.45, 7) is 8.74. The average molecular weight is 383 g/mol. The molecule has 0 amide bonds. The zero-order valence-corrected chi connectivity index (χ0v) is 16.8. The molecular formula is C19H31ClN4O2. The van der Waals surface area contributed by atoms with Crippen LogP contribution in [0, 0.1) is 5.92 Å². The molecule has 1 aliphatic rings. The number of benzene rings is 1. The van der Waals surface area contributed by atoms with Crippen molar-refractivity contribution in [3.8, 4) is 5.75 Å². The smallest absolute Gasteiger partial charge is 0.190 e. The van der Waals surface area contributed by atoms with E-state index < -0.39 is 0 Å². The van der Waals surface area contributed by atoms with E-state index in [-0.39, 0.29) is 0 Å². The fourth-order valence-electron chi connectivity index (χ4n) is 2.95. The van der Waals surface area contributed by atoms with E-state index in [1.165, 1.54) is 0 Å². The lowest BCUT2D eigenvalue weighted by Gasteiger charge is -2.29. The summed E-state index contributed by atoms with van der Waals surface area (Å²) in [5.41, 5.74) is 1.09. The molecule has 7 heteroatoms. The van der Waals surface area contributed by atoms with Crippen LogP contribution in [0.25, 0.3) is 0 Å². The van der Waals surface area contributed by atoms with E-state index in [1.54, 1.807) is 14.2 Å². The molecular weight excluding hydrogens is 352 g/mol. The Morgan fingerprint density at radius 2 is 2.12 bits per heavy atom. The third-order valence-corrected chi connectivity index (χ3v) is 4.81. The number of hydrogen-bond donors (Lipinski definition) is 2. The molecule has 1 fully saturated rings. The second-order valence-corrected chi connectivity index (χ2v) is 7.01. The minimum Gasteiger partial charge on any atom is -0.497 e. The third kappa shape index (κ3) is 7.02. The van der Waals surface area contributed by atoms with Gasteiger partial charge in [0.05, 0.1) is 20.3 Å². The first-order valence-electron chi connectivity index (χ1n) is 9.19. The van der Waals surface area contributed by atoms with Crippen LogP contribution in [0.3, 0.4) is 0 Å². The lowest BCUT2D eigenvalue weighted by molar-refractivity contribution is 0.0320. The monoisotopic (exact) mass is 382 g/mol. The van der Waals surface area contributed by atoms with Gasteiger partial charge in [-0.2, -0.15) is 0 Å². The van der Waals surface area contributed by atoms with Crippen LogP contribution in [0.1, 0.15) is 12.5 Å². The molecule has 1 heterocycles. The molecule has 146 valence electrons. The van der Waals surface area contributed by atoms with Crippen LogP contribution in [0.15, 0.2) is 23.2 Å². The molecule has 1 saturated heterocycles. The Morgan fingerprint density at radius 3 is 2.77 bits per heavy atom. The average Bonchev–Trinajstić information content (AvgIpc) is 2.66. The van der Waals surface area contributed by atoms with Gasteiger partial charge in [0.25, 0.3) is 0 Å². The fourth-order valence-corrected chi connectivity index (χ4v) is 3.22. The molecule has 0 saturated carbocycles. The van der Waals surface area contributed by atoms with E-state index in [4.69, 9.17) is 21.1 Å². The van der Waals surface area contributed by atoms with Crippen molar-refractivity contribution in [1.82, 2.24) is 15.5 Å². The van der Waals surface area contributed by atoms with Gasteiger partial charge in [0.15, 0.2) is 5.96 Å². The van der Waals surface area contributed by atoms with Gasteiger partial charge in [-0.15, -0.1) is 0 Å². The van der Waals surface area contributed by atoms with Gasteiger partial charge < -0.3 is 20.1 Å². The van der Waals surface area contributed by atoms with Gasteiger partial charge in [-0.1, -0.05) is 24.6 Å². The molecule has 6 nitrogen and oxygen atoms in total. The quantitative estimate of drug-likeness (QED) is 0.532. The van der Waals surface area contributed by atoms with E-state index in [2.05, 4.69) is 27.4 Å². The maximum Gasteiger partial charge on any atom is 0.190 e. The van der Waals surface area contributed by atoms with Gasteiger partial charge >= 0.3 is 0 Å². The number of methoxy groups -OCH3 is 1. The van der Waals surface area contributed by atoms with E-state index in [0.717, 1.165) is 74.7 Å². The minimum absolute atomic E-state index is 0.544. The van der Waals surface area contributed by atoms with Crippen molar-refractivity contribution in [3.63, 3.8) is 0 Å². The number of hydrogen-bond acceptors (Lipinski definition) is 4. The minimum atomic E-state index is 0.544. The van der Waals surface area contributed by atoms with Crippen LogP contribution in [-0.2, 0) is 11.2 Å². The van der Waals surface area contributed by atoms with E-state index in [0.29, 0.717) is 5.92 Å². The highest BCUT2D eigenvalue weighted by Gasteiger charge is 2.14. The van der Waals surface area contributed by atoms with Crippen molar-refractivity contribution < 1.29 is 9.47 Å². The molecule has 2 N–H and O–H groups in total. The van der Waals surface area contributed by atoms with E-state index in [9.17, 15) is 0 Å². The maximum atomic E-state index is 6.29. The van der Waals surface area contributed by atoms with Crippen LogP contribution in [0.4, 0.5) is 0 Å². The van der Waals surface area contributed by atoms with Gasteiger partial charge in [0, 0.05) is 44.8 Å². The summed E-state index contributed by atoms with van der Waals surface area (Å²) in [6, 6.07) is 5.78. The molecule has 0 radical (unpaired) electrons. The number of rotatable bonds is 8. The van der Waals surface area contributed by atoms with Crippen LogP contribution >= 0.6 is 11.6 Å². The first-order valence-corrected chi connectivity index (χ1v) is 9.57. The van der Waals surface area contributed by atoms with E-state index in [1.807, 2.05) is 18.2 Å². The lowest BCUT2D eigenvalue weighted by Crippen LogP contribution is -2.44. The number of halogens is 1. The van der Waals surface area contributed by atoms with Gasteiger partial charge in [-0.05, 0) is 30.0 Å². The summed E-state index contributed by atoms with van der Waals surface area (Å²) < 4.78 is 10.6. The van der Waals surface area contributed by atoms with E-state index >= 15 is 0 Å². The summed E-state index contributed by atoms with van der Waals surface area (Å²) in [4.78, 5) is 6.75. The normalized spacial score (nSPS) is 17.0. The Morgan fingerprint density at radius 1 is 1.35 bits per heavy atom. The number of nitrogens with one attached hydrogen (secondary N) is 2. The Balaban J connectivity index is 1.68. The van der Waals surface area contributed by atoms with Gasteiger partial charge in [-0.25, -0.2) is 0 Å². The molecule has 26 heavy (non-hydrogen) atoms. The highest BCUT2D eigenvalue weighted by molar-refractivity contribution is 6.31. The zero-order chi connectivity index (χ0) is 18.8.